The molecule has 0 aromatic carbocycles. The molecule has 0 amide bonds. The predicted molar refractivity (Wildman–Crippen MR) is 437 cm³/mol. The molecule has 0 spiro atoms. The van der Waals surface area contributed by atoms with E-state index in [9.17, 15) is 43.2 Å². The van der Waals surface area contributed by atoms with Crippen LogP contribution in [0.4, 0.5) is 0 Å². The summed E-state index contributed by atoms with van der Waals surface area (Å²) in [5.74, 6) is -1.33. The molecular weight excluding hydrogens is 1380 g/mol. The second kappa shape index (κ2) is 79.7. The Labute approximate surface area is 651 Å². The molecule has 3 N–H and O–H groups in total. The third kappa shape index (κ3) is 80.1. The molecule has 0 rings (SSSR count). The Balaban J connectivity index is 5.17. The van der Waals surface area contributed by atoms with E-state index in [1.54, 1.807) is 0 Å². The number of aliphatic hydroxyl groups is 1. The third-order valence-electron chi connectivity index (χ3n) is 20.5. The van der Waals surface area contributed by atoms with Crippen molar-refractivity contribution in [2.24, 2.45) is 5.92 Å². The smallest absolute Gasteiger partial charge is 0.462 e. The van der Waals surface area contributed by atoms with Gasteiger partial charge in [0.05, 0.1) is 26.4 Å². The molecule has 0 radical (unpaired) electrons. The molecule has 630 valence electrons. The van der Waals surface area contributed by atoms with Crippen LogP contribution in [0.1, 0.15) is 471 Å². The Bertz CT molecular complexity index is 2010. The molecule has 0 heterocycles. The number of phosphoric ester groups is 2. The first-order valence-electron chi connectivity index (χ1n) is 45.1. The monoisotopic (exact) mass is 1550 g/mol. The quantitative estimate of drug-likeness (QED) is 0.0222. The highest BCUT2D eigenvalue weighted by atomic mass is 31.2. The van der Waals surface area contributed by atoms with Crippen LogP contribution in [-0.2, 0) is 65.4 Å². The minimum absolute atomic E-state index is 0.107. The van der Waals surface area contributed by atoms with Gasteiger partial charge >= 0.3 is 39.5 Å². The molecule has 19 heteroatoms. The molecule has 0 saturated heterocycles. The Hall–Kier alpha value is -1.94. The van der Waals surface area contributed by atoms with Crippen LogP contribution in [0.2, 0.25) is 0 Å². The van der Waals surface area contributed by atoms with Crippen LogP contribution < -0.4 is 0 Å². The highest BCUT2D eigenvalue weighted by Crippen LogP contribution is 2.45. The zero-order valence-corrected chi connectivity index (χ0v) is 71.4. The van der Waals surface area contributed by atoms with Crippen LogP contribution in [0, 0.1) is 5.92 Å². The van der Waals surface area contributed by atoms with E-state index >= 15 is 0 Å². The van der Waals surface area contributed by atoms with E-state index in [0.717, 1.165) is 102 Å². The molecule has 17 nitrogen and oxygen atoms in total. The van der Waals surface area contributed by atoms with Crippen molar-refractivity contribution in [3.05, 3.63) is 0 Å². The SMILES string of the molecule is CCCCCCCCCCCCCCCCCCCCCCCCC(=O)O[C@H](COC(=O)CCCCCCCCCCCCCCCCCCCCCCC)COP(=O)(O)OC[C@@H](O)COP(=O)(O)OC[C@@H](COC(=O)CCCCCCCCCC)OC(=O)CCCCCCCCCCCCCCC(C)C. The van der Waals surface area contributed by atoms with Gasteiger partial charge < -0.3 is 33.8 Å². The van der Waals surface area contributed by atoms with Gasteiger partial charge in [-0.05, 0) is 31.6 Å². The third-order valence-corrected chi connectivity index (χ3v) is 22.4. The zero-order chi connectivity index (χ0) is 77.6. The van der Waals surface area contributed by atoms with Crippen LogP contribution in [0.3, 0.4) is 0 Å². The second-order valence-electron chi connectivity index (χ2n) is 31.8. The van der Waals surface area contributed by atoms with Gasteiger partial charge in [0, 0.05) is 25.7 Å². The number of ether oxygens (including phenoxy) is 4. The minimum Gasteiger partial charge on any atom is -0.462 e. The fourth-order valence-electron chi connectivity index (χ4n) is 13.6. The van der Waals surface area contributed by atoms with Crippen LogP contribution >= 0.6 is 15.6 Å². The first kappa shape index (κ1) is 104. The first-order chi connectivity index (χ1) is 51.5. The molecule has 0 bridgehead atoms. The lowest BCUT2D eigenvalue weighted by Gasteiger charge is -2.21. The average Bonchev–Trinajstić information content (AvgIpc) is 0.899. The number of phosphoric acid groups is 2. The number of carbonyl (C=O) groups is 4. The molecule has 0 aliphatic rings. The Morgan fingerprint density at radius 1 is 0.255 bits per heavy atom. The topological polar surface area (TPSA) is 237 Å². The van der Waals surface area contributed by atoms with E-state index < -0.39 is 97.5 Å². The molecule has 2 unspecified atom stereocenters. The lowest BCUT2D eigenvalue weighted by molar-refractivity contribution is -0.161. The lowest BCUT2D eigenvalue weighted by Crippen LogP contribution is -2.30. The zero-order valence-electron chi connectivity index (χ0n) is 69.6. The molecule has 0 saturated carbocycles. The summed E-state index contributed by atoms with van der Waals surface area (Å²) < 4.78 is 68.8. The number of hydrogen-bond donors (Lipinski definition) is 3. The fraction of sp³-hybridized carbons (Fsp3) is 0.954. The van der Waals surface area contributed by atoms with Gasteiger partial charge in [-0.1, -0.05) is 420 Å². The van der Waals surface area contributed by atoms with Gasteiger partial charge in [0.25, 0.3) is 0 Å². The summed E-state index contributed by atoms with van der Waals surface area (Å²) in [4.78, 5) is 73.1. The highest BCUT2D eigenvalue weighted by molar-refractivity contribution is 7.47. The number of rotatable bonds is 87. The number of hydrogen-bond acceptors (Lipinski definition) is 15. The van der Waals surface area contributed by atoms with Crippen molar-refractivity contribution >= 4 is 39.5 Å². The van der Waals surface area contributed by atoms with Crippen molar-refractivity contribution in [1.82, 2.24) is 0 Å². The predicted octanol–water partition coefficient (Wildman–Crippen LogP) is 26.8. The van der Waals surface area contributed by atoms with Gasteiger partial charge in [0.1, 0.15) is 19.3 Å². The van der Waals surface area contributed by atoms with E-state index in [-0.39, 0.29) is 25.7 Å². The summed E-state index contributed by atoms with van der Waals surface area (Å²) in [7, 11) is -9.92. The summed E-state index contributed by atoms with van der Waals surface area (Å²) in [5.41, 5.74) is 0. The molecular formula is C87H170O17P2. The Morgan fingerprint density at radius 3 is 0.642 bits per heavy atom. The van der Waals surface area contributed by atoms with E-state index in [2.05, 4.69) is 34.6 Å². The van der Waals surface area contributed by atoms with Crippen molar-refractivity contribution in [3.63, 3.8) is 0 Å². The van der Waals surface area contributed by atoms with Gasteiger partial charge in [-0.25, -0.2) is 9.13 Å². The van der Waals surface area contributed by atoms with Gasteiger partial charge in [-0.2, -0.15) is 0 Å². The highest BCUT2D eigenvalue weighted by Gasteiger charge is 2.30. The van der Waals surface area contributed by atoms with E-state index in [4.69, 9.17) is 37.0 Å². The summed E-state index contributed by atoms with van der Waals surface area (Å²) in [6.45, 7) is 7.34. The molecule has 0 aliphatic carbocycles. The van der Waals surface area contributed by atoms with Crippen molar-refractivity contribution in [2.45, 2.75) is 490 Å². The molecule has 106 heavy (non-hydrogen) atoms. The Kier molecular flexibility index (Phi) is 78.2. The molecule has 0 aromatic rings. The van der Waals surface area contributed by atoms with Crippen molar-refractivity contribution in [3.8, 4) is 0 Å². The minimum atomic E-state index is -4.97. The number of aliphatic hydroxyl groups excluding tert-OH is 1. The number of carbonyl (C=O) groups excluding carboxylic acids is 4. The summed E-state index contributed by atoms with van der Waals surface area (Å²) in [6, 6.07) is 0. The molecule has 5 atom stereocenters. The van der Waals surface area contributed by atoms with Crippen molar-refractivity contribution in [1.29, 1.82) is 0 Å². The standard InChI is InChI=1S/C87H170O17P2/c1-6-9-12-15-18-21-23-25-27-29-31-33-35-37-39-41-43-48-52-57-62-67-72-86(91)104-83(77-98-85(90)71-66-61-56-51-47-42-40-38-36-34-32-30-28-26-24-22-19-16-13-10-7-2)79-102-106(95,96)100-75-81(88)74-99-105(93,94)101-78-82(76-97-84(89)70-65-60-55-20-17-14-11-8-3)103-87(92)73-68-63-58-53-49-45-44-46-50-54-59-64-69-80(4)5/h80-83,88H,6-79H2,1-5H3,(H,93,94)(H,95,96)/t81-,82+,83+/m0/s1. The fourth-order valence-corrected chi connectivity index (χ4v) is 15.2. The lowest BCUT2D eigenvalue weighted by atomic mass is 10.0. The molecule has 0 aromatic heterocycles. The largest absolute Gasteiger partial charge is 0.472 e. The summed E-state index contributed by atoms with van der Waals surface area (Å²) >= 11 is 0. The van der Waals surface area contributed by atoms with Gasteiger partial charge in [-0.15, -0.1) is 0 Å². The van der Waals surface area contributed by atoms with E-state index in [0.29, 0.717) is 25.7 Å². The van der Waals surface area contributed by atoms with Gasteiger partial charge in [0.15, 0.2) is 12.2 Å². The second-order valence-corrected chi connectivity index (χ2v) is 34.7. The maximum Gasteiger partial charge on any atom is 0.472 e. The van der Waals surface area contributed by atoms with E-state index in [1.165, 1.54) is 289 Å². The van der Waals surface area contributed by atoms with Crippen LogP contribution in [0.5, 0.6) is 0 Å². The van der Waals surface area contributed by atoms with Crippen molar-refractivity contribution < 1.29 is 80.2 Å². The molecule has 0 aliphatic heterocycles. The van der Waals surface area contributed by atoms with Crippen LogP contribution in [-0.4, -0.2) is 96.7 Å². The van der Waals surface area contributed by atoms with Gasteiger partial charge in [-0.3, -0.25) is 37.3 Å². The maximum absolute atomic E-state index is 13.2. The summed E-state index contributed by atoms with van der Waals surface area (Å²) in [5, 5.41) is 10.7. The van der Waals surface area contributed by atoms with Crippen LogP contribution in [0.15, 0.2) is 0 Å². The maximum atomic E-state index is 13.2. The number of esters is 4. The summed E-state index contributed by atoms with van der Waals surface area (Å²) in [6.07, 6.45) is 73.9. The number of unbranched alkanes of at least 4 members (excludes halogenated alkanes) is 59. The average molecular weight is 1550 g/mol. The normalized spacial score (nSPS) is 13.7. The van der Waals surface area contributed by atoms with E-state index in [1.807, 2.05) is 0 Å². The molecule has 0 fully saturated rings. The van der Waals surface area contributed by atoms with Crippen LogP contribution in [0.25, 0.3) is 0 Å². The first-order valence-corrected chi connectivity index (χ1v) is 48.1. The Morgan fingerprint density at radius 2 is 0.434 bits per heavy atom. The van der Waals surface area contributed by atoms with Crippen molar-refractivity contribution in [2.75, 3.05) is 39.6 Å². The van der Waals surface area contributed by atoms with Gasteiger partial charge in [0.2, 0.25) is 0 Å².